The minimum atomic E-state index is -0.725. The van der Waals surface area contributed by atoms with Crippen LogP contribution in [0.2, 0.25) is 0 Å². The zero-order valence-electron chi connectivity index (χ0n) is 11.3. The monoisotopic (exact) mass is 265 g/mol. The third-order valence-corrected chi connectivity index (χ3v) is 5.38. The molecule has 1 aliphatic heterocycles. The average molecular weight is 265 g/mol. The Kier molecular flexibility index (Phi) is 3.15. The molecule has 0 spiro atoms. The molecule has 3 fully saturated rings. The molecule has 2 aliphatic carbocycles. The fourth-order valence-electron chi connectivity index (χ4n) is 4.28. The number of nitrogens with two attached hydrogens (primary N) is 1. The molecule has 0 aromatic carbocycles. The standard InChI is InChI=1S/C14H23N3O2/c15-12(16-19)14(6-2-1-3-7-14)13(18)17-9-10-4-5-11(17)8-10/h10-11,19H,1-9H2,(H2,15,16). The van der Waals surface area contributed by atoms with Crippen molar-refractivity contribution < 1.29 is 10.0 Å². The summed E-state index contributed by atoms with van der Waals surface area (Å²) >= 11 is 0. The maximum atomic E-state index is 13.0. The summed E-state index contributed by atoms with van der Waals surface area (Å²) in [6.07, 6.45) is 8.12. The van der Waals surface area contributed by atoms with Crippen molar-refractivity contribution in [2.75, 3.05) is 6.54 Å². The van der Waals surface area contributed by atoms with Gasteiger partial charge in [-0.25, -0.2) is 0 Å². The molecule has 3 aliphatic rings. The predicted octanol–water partition coefficient (Wildman–Crippen LogP) is 1.69. The van der Waals surface area contributed by atoms with Gasteiger partial charge in [-0.05, 0) is 38.0 Å². The van der Waals surface area contributed by atoms with Crippen molar-refractivity contribution in [3.8, 4) is 0 Å². The molecule has 19 heavy (non-hydrogen) atoms. The molecule has 0 aromatic rings. The van der Waals surface area contributed by atoms with Gasteiger partial charge in [0.1, 0.15) is 5.41 Å². The van der Waals surface area contributed by atoms with Crippen LogP contribution in [0.4, 0.5) is 0 Å². The number of carbonyl (C=O) groups excluding carboxylic acids is 1. The van der Waals surface area contributed by atoms with Gasteiger partial charge in [0.05, 0.1) is 0 Å². The summed E-state index contributed by atoms with van der Waals surface area (Å²) in [5, 5.41) is 12.3. The summed E-state index contributed by atoms with van der Waals surface area (Å²) in [7, 11) is 0. The number of oxime groups is 1. The number of amides is 1. The molecule has 0 aromatic heterocycles. The van der Waals surface area contributed by atoms with Crippen LogP contribution >= 0.6 is 0 Å². The summed E-state index contributed by atoms with van der Waals surface area (Å²) < 4.78 is 0. The van der Waals surface area contributed by atoms with Gasteiger partial charge in [-0.3, -0.25) is 4.79 Å². The lowest BCUT2D eigenvalue weighted by atomic mass is 9.71. The van der Waals surface area contributed by atoms with Gasteiger partial charge in [-0.15, -0.1) is 0 Å². The molecule has 1 heterocycles. The Morgan fingerprint density at radius 3 is 2.53 bits per heavy atom. The molecule has 5 heteroatoms. The summed E-state index contributed by atoms with van der Waals surface area (Å²) in [4.78, 5) is 15.0. The van der Waals surface area contributed by atoms with E-state index in [0.717, 1.165) is 51.5 Å². The van der Waals surface area contributed by atoms with Gasteiger partial charge in [-0.1, -0.05) is 24.4 Å². The van der Waals surface area contributed by atoms with E-state index in [1.165, 1.54) is 6.42 Å². The summed E-state index contributed by atoms with van der Waals surface area (Å²) in [5.41, 5.74) is 5.18. The molecule has 1 amide bonds. The molecule has 2 saturated carbocycles. The first kappa shape index (κ1) is 12.8. The Labute approximate surface area is 113 Å². The van der Waals surface area contributed by atoms with E-state index in [4.69, 9.17) is 10.9 Å². The molecule has 3 rings (SSSR count). The normalized spacial score (nSPS) is 33.7. The second-order valence-corrected chi connectivity index (χ2v) is 6.42. The second kappa shape index (κ2) is 4.69. The van der Waals surface area contributed by atoms with E-state index in [-0.39, 0.29) is 11.7 Å². The van der Waals surface area contributed by atoms with E-state index in [2.05, 4.69) is 5.16 Å². The molecule has 2 atom stereocenters. The van der Waals surface area contributed by atoms with Crippen molar-refractivity contribution in [3.63, 3.8) is 0 Å². The number of carbonyl (C=O) groups is 1. The highest BCUT2D eigenvalue weighted by molar-refractivity contribution is 6.07. The number of rotatable bonds is 2. The third-order valence-electron chi connectivity index (χ3n) is 5.38. The van der Waals surface area contributed by atoms with E-state index in [9.17, 15) is 4.79 Å². The fraction of sp³-hybridized carbons (Fsp3) is 0.857. The van der Waals surface area contributed by atoms with Crippen LogP contribution in [-0.2, 0) is 4.79 Å². The van der Waals surface area contributed by atoms with Crippen LogP contribution in [0.25, 0.3) is 0 Å². The SMILES string of the molecule is NC(=NO)C1(C(=O)N2CC3CCC2C3)CCCCC1. The van der Waals surface area contributed by atoms with Crippen LogP contribution in [0.15, 0.2) is 5.16 Å². The van der Waals surface area contributed by atoms with E-state index >= 15 is 0 Å². The van der Waals surface area contributed by atoms with Gasteiger partial charge in [-0.2, -0.15) is 0 Å². The molecule has 2 bridgehead atoms. The van der Waals surface area contributed by atoms with E-state index in [0.29, 0.717) is 12.0 Å². The molecule has 106 valence electrons. The Hall–Kier alpha value is -1.26. The van der Waals surface area contributed by atoms with Crippen LogP contribution < -0.4 is 5.73 Å². The lowest BCUT2D eigenvalue weighted by Crippen LogP contribution is -2.54. The maximum Gasteiger partial charge on any atom is 0.236 e. The van der Waals surface area contributed by atoms with E-state index < -0.39 is 5.41 Å². The maximum absolute atomic E-state index is 13.0. The zero-order valence-corrected chi connectivity index (χ0v) is 11.3. The van der Waals surface area contributed by atoms with Crippen molar-refractivity contribution >= 4 is 11.7 Å². The highest BCUT2D eigenvalue weighted by atomic mass is 16.4. The molecular weight excluding hydrogens is 242 g/mol. The molecule has 0 radical (unpaired) electrons. The molecule has 3 N–H and O–H groups in total. The zero-order chi connectivity index (χ0) is 13.5. The summed E-state index contributed by atoms with van der Waals surface area (Å²) in [6.45, 7) is 0.879. The third kappa shape index (κ3) is 1.90. The second-order valence-electron chi connectivity index (χ2n) is 6.42. The Bertz CT molecular complexity index is 401. The van der Waals surface area contributed by atoms with Crippen LogP contribution in [0.1, 0.15) is 51.4 Å². The van der Waals surface area contributed by atoms with E-state index in [1.54, 1.807) is 0 Å². The van der Waals surface area contributed by atoms with Gasteiger partial charge >= 0.3 is 0 Å². The van der Waals surface area contributed by atoms with Gasteiger partial charge in [0.15, 0.2) is 5.84 Å². The van der Waals surface area contributed by atoms with Gasteiger partial charge in [0.2, 0.25) is 5.91 Å². The average Bonchev–Trinajstić information content (AvgIpc) is 3.09. The number of hydrogen-bond donors (Lipinski definition) is 2. The quantitative estimate of drug-likeness (QED) is 0.345. The van der Waals surface area contributed by atoms with Crippen molar-refractivity contribution in [3.05, 3.63) is 0 Å². The minimum Gasteiger partial charge on any atom is -0.409 e. The molecule has 5 nitrogen and oxygen atoms in total. The van der Waals surface area contributed by atoms with Crippen molar-refractivity contribution in [1.82, 2.24) is 4.90 Å². The number of piperidine rings is 1. The number of fused-ring (bicyclic) bond motifs is 2. The molecule has 2 unspecified atom stereocenters. The van der Waals surface area contributed by atoms with Crippen molar-refractivity contribution in [2.45, 2.75) is 57.4 Å². The lowest BCUT2D eigenvalue weighted by Gasteiger charge is -2.40. The van der Waals surface area contributed by atoms with Crippen LogP contribution in [-0.4, -0.2) is 34.4 Å². The van der Waals surface area contributed by atoms with Crippen molar-refractivity contribution in [2.24, 2.45) is 22.2 Å². The molecule has 1 saturated heterocycles. The molecular formula is C14H23N3O2. The van der Waals surface area contributed by atoms with Gasteiger partial charge in [0, 0.05) is 12.6 Å². The van der Waals surface area contributed by atoms with Crippen LogP contribution in [0, 0.1) is 11.3 Å². The van der Waals surface area contributed by atoms with Crippen LogP contribution in [0.3, 0.4) is 0 Å². The van der Waals surface area contributed by atoms with Gasteiger partial charge < -0.3 is 15.8 Å². The first-order chi connectivity index (χ1) is 9.17. The largest absolute Gasteiger partial charge is 0.409 e. The first-order valence-electron chi connectivity index (χ1n) is 7.46. The smallest absolute Gasteiger partial charge is 0.236 e. The number of likely N-dealkylation sites (tertiary alicyclic amines) is 1. The minimum absolute atomic E-state index is 0.120. The Morgan fingerprint density at radius 2 is 2.00 bits per heavy atom. The predicted molar refractivity (Wildman–Crippen MR) is 71.8 cm³/mol. The number of hydrogen-bond acceptors (Lipinski definition) is 3. The number of nitrogens with zero attached hydrogens (tertiary/aromatic N) is 2. The highest BCUT2D eigenvalue weighted by Crippen LogP contribution is 2.44. The van der Waals surface area contributed by atoms with Gasteiger partial charge in [0.25, 0.3) is 0 Å². The first-order valence-corrected chi connectivity index (χ1v) is 7.46. The number of amidine groups is 1. The van der Waals surface area contributed by atoms with E-state index in [1.807, 2.05) is 4.90 Å². The Balaban J connectivity index is 1.85. The van der Waals surface area contributed by atoms with Crippen molar-refractivity contribution in [1.29, 1.82) is 0 Å². The Morgan fingerprint density at radius 1 is 1.26 bits per heavy atom. The summed E-state index contributed by atoms with van der Waals surface area (Å²) in [5.74, 6) is 0.927. The van der Waals surface area contributed by atoms with Crippen LogP contribution in [0.5, 0.6) is 0 Å². The topological polar surface area (TPSA) is 78.9 Å². The lowest BCUT2D eigenvalue weighted by molar-refractivity contribution is -0.141. The fourth-order valence-corrected chi connectivity index (χ4v) is 4.28. The highest BCUT2D eigenvalue weighted by Gasteiger charge is 2.50. The summed E-state index contributed by atoms with van der Waals surface area (Å²) in [6, 6.07) is 0.405.